The number of nitrogens with two attached hydrogens (primary N) is 1. The standard InChI is InChI=1S/C11H21NO3/c1-7(2)14-10(13)9(12)8(3)15-11(4,5)6/h8-9H,1,12H2,2-6H3/t8?,9-/m0/s1. The van der Waals surface area contributed by atoms with Crippen molar-refractivity contribution in [3.63, 3.8) is 0 Å². The van der Waals surface area contributed by atoms with Crippen LogP contribution in [0.15, 0.2) is 12.3 Å². The van der Waals surface area contributed by atoms with Gasteiger partial charge in [-0.15, -0.1) is 0 Å². The molecule has 88 valence electrons. The van der Waals surface area contributed by atoms with Crippen LogP contribution in [0.4, 0.5) is 0 Å². The molecule has 0 aliphatic heterocycles. The maximum Gasteiger partial charge on any atom is 0.330 e. The Morgan fingerprint density at radius 1 is 1.40 bits per heavy atom. The summed E-state index contributed by atoms with van der Waals surface area (Å²) in [5.74, 6) is -0.183. The SMILES string of the molecule is C=C(C)OC(=O)[C@@H](N)C(C)OC(C)(C)C. The molecule has 2 N–H and O–H groups in total. The number of hydrogen-bond donors (Lipinski definition) is 1. The monoisotopic (exact) mass is 215 g/mol. The number of rotatable bonds is 4. The fourth-order valence-corrected chi connectivity index (χ4v) is 1.06. The molecule has 0 amide bonds. The number of carbonyl (C=O) groups is 1. The fourth-order valence-electron chi connectivity index (χ4n) is 1.06. The Kier molecular flexibility index (Phi) is 4.97. The molecule has 0 aliphatic carbocycles. The lowest BCUT2D eigenvalue weighted by Gasteiger charge is -2.27. The molecule has 0 heterocycles. The lowest BCUT2D eigenvalue weighted by molar-refractivity contribution is -0.147. The van der Waals surface area contributed by atoms with Crippen LogP contribution in [0.5, 0.6) is 0 Å². The van der Waals surface area contributed by atoms with E-state index in [2.05, 4.69) is 6.58 Å². The number of esters is 1. The summed E-state index contributed by atoms with van der Waals surface area (Å²) < 4.78 is 10.4. The summed E-state index contributed by atoms with van der Waals surface area (Å²) in [6.07, 6.45) is -0.392. The molecule has 15 heavy (non-hydrogen) atoms. The third kappa shape index (κ3) is 6.25. The van der Waals surface area contributed by atoms with Gasteiger partial charge in [0.1, 0.15) is 6.04 Å². The van der Waals surface area contributed by atoms with Gasteiger partial charge in [0.2, 0.25) is 0 Å². The Morgan fingerprint density at radius 2 is 1.87 bits per heavy atom. The van der Waals surface area contributed by atoms with Gasteiger partial charge >= 0.3 is 5.97 Å². The van der Waals surface area contributed by atoms with Crippen LogP contribution in [0.25, 0.3) is 0 Å². The first kappa shape index (κ1) is 14.1. The number of hydrogen-bond acceptors (Lipinski definition) is 4. The fraction of sp³-hybridized carbons (Fsp3) is 0.727. The number of carbonyl (C=O) groups excluding carboxylic acids is 1. The molecule has 0 aliphatic rings. The maximum atomic E-state index is 11.4. The van der Waals surface area contributed by atoms with E-state index in [1.54, 1.807) is 13.8 Å². The molecule has 0 rings (SSSR count). The summed E-state index contributed by atoms with van der Waals surface area (Å²) in [5, 5.41) is 0. The molecule has 0 fully saturated rings. The van der Waals surface area contributed by atoms with Gasteiger partial charge in [-0.3, -0.25) is 0 Å². The van der Waals surface area contributed by atoms with E-state index in [0.29, 0.717) is 5.76 Å². The third-order valence-corrected chi connectivity index (χ3v) is 1.59. The average Bonchev–Trinajstić information content (AvgIpc) is 1.98. The molecule has 0 aromatic carbocycles. The first-order chi connectivity index (χ1) is 6.63. The molecule has 0 saturated carbocycles. The summed E-state index contributed by atoms with van der Waals surface area (Å²) in [7, 11) is 0. The molecular weight excluding hydrogens is 194 g/mol. The summed E-state index contributed by atoms with van der Waals surface area (Å²) >= 11 is 0. The summed E-state index contributed by atoms with van der Waals surface area (Å²) in [6.45, 7) is 12.5. The van der Waals surface area contributed by atoms with E-state index in [1.165, 1.54) is 0 Å². The molecule has 2 atom stereocenters. The highest BCUT2D eigenvalue weighted by Gasteiger charge is 2.27. The lowest BCUT2D eigenvalue weighted by atomic mass is 10.1. The molecule has 1 unspecified atom stereocenters. The molecule has 0 bridgehead atoms. The van der Waals surface area contributed by atoms with Crippen molar-refractivity contribution >= 4 is 5.97 Å². The Labute approximate surface area is 91.4 Å². The number of ether oxygens (including phenoxy) is 2. The van der Waals surface area contributed by atoms with E-state index in [0.717, 1.165) is 0 Å². The predicted octanol–water partition coefficient (Wildman–Crippen LogP) is 1.59. The zero-order valence-electron chi connectivity index (χ0n) is 10.2. The topological polar surface area (TPSA) is 61.5 Å². The predicted molar refractivity (Wildman–Crippen MR) is 59.2 cm³/mol. The van der Waals surface area contributed by atoms with Crippen LogP contribution in [0.2, 0.25) is 0 Å². The van der Waals surface area contributed by atoms with Gasteiger partial charge in [0.15, 0.2) is 0 Å². The van der Waals surface area contributed by atoms with Crippen molar-refractivity contribution < 1.29 is 14.3 Å². The zero-order valence-corrected chi connectivity index (χ0v) is 10.2. The molecule has 0 aromatic rings. The highest BCUT2D eigenvalue weighted by Crippen LogP contribution is 2.13. The van der Waals surface area contributed by atoms with Crippen molar-refractivity contribution in [3.05, 3.63) is 12.3 Å². The summed E-state index contributed by atoms with van der Waals surface area (Å²) in [4.78, 5) is 11.4. The minimum Gasteiger partial charge on any atom is -0.431 e. The highest BCUT2D eigenvalue weighted by atomic mass is 16.5. The Morgan fingerprint density at radius 3 is 2.20 bits per heavy atom. The Hall–Kier alpha value is -0.870. The molecule has 4 nitrogen and oxygen atoms in total. The van der Waals surface area contributed by atoms with Gasteiger partial charge in [-0.2, -0.15) is 0 Å². The van der Waals surface area contributed by atoms with E-state index in [1.807, 2.05) is 20.8 Å². The van der Waals surface area contributed by atoms with Gasteiger partial charge in [0, 0.05) is 0 Å². The van der Waals surface area contributed by atoms with Crippen molar-refractivity contribution in [2.75, 3.05) is 0 Å². The first-order valence-electron chi connectivity index (χ1n) is 4.94. The quantitative estimate of drug-likeness (QED) is 0.571. The zero-order chi connectivity index (χ0) is 12.2. The van der Waals surface area contributed by atoms with Gasteiger partial charge in [-0.05, 0) is 34.6 Å². The van der Waals surface area contributed by atoms with Crippen molar-refractivity contribution in [1.82, 2.24) is 0 Å². The van der Waals surface area contributed by atoms with E-state index >= 15 is 0 Å². The second kappa shape index (κ2) is 5.28. The highest BCUT2D eigenvalue weighted by molar-refractivity contribution is 5.77. The van der Waals surface area contributed by atoms with E-state index in [-0.39, 0.29) is 5.60 Å². The van der Waals surface area contributed by atoms with Crippen molar-refractivity contribution in [2.45, 2.75) is 52.4 Å². The van der Waals surface area contributed by atoms with Crippen LogP contribution in [-0.4, -0.2) is 23.7 Å². The van der Waals surface area contributed by atoms with Gasteiger partial charge in [0.25, 0.3) is 0 Å². The average molecular weight is 215 g/mol. The van der Waals surface area contributed by atoms with Crippen LogP contribution < -0.4 is 5.73 Å². The van der Waals surface area contributed by atoms with Gasteiger partial charge in [-0.25, -0.2) is 4.79 Å². The smallest absolute Gasteiger partial charge is 0.330 e. The Balaban J connectivity index is 4.25. The molecule has 4 heteroatoms. The van der Waals surface area contributed by atoms with Crippen molar-refractivity contribution in [3.8, 4) is 0 Å². The minimum atomic E-state index is -0.791. The molecule has 0 spiro atoms. The molecule has 0 aromatic heterocycles. The van der Waals surface area contributed by atoms with E-state index in [9.17, 15) is 4.79 Å². The number of allylic oxidation sites excluding steroid dienone is 1. The largest absolute Gasteiger partial charge is 0.431 e. The van der Waals surface area contributed by atoms with Gasteiger partial charge in [-0.1, -0.05) is 6.58 Å². The molecule has 0 radical (unpaired) electrons. The normalized spacial score (nSPS) is 15.6. The first-order valence-corrected chi connectivity index (χ1v) is 4.94. The van der Waals surface area contributed by atoms with Gasteiger partial charge < -0.3 is 15.2 Å². The summed E-state index contributed by atoms with van der Waals surface area (Å²) in [5.41, 5.74) is 5.34. The van der Waals surface area contributed by atoms with Crippen LogP contribution in [0.3, 0.4) is 0 Å². The summed E-state index contributed by atoms with van der Waals surface area (Å²) in [6, 6.07) is -0.791. The molecule has 0 saturated heterocycles. The van der Waals surface area contributed by atoms with Crippen molar-refractivity contribution in [1.29, 1.82) is 0 Å². The van der Waals surface area contributed by atoms with E-state index < -0.39 is 18.1 Å². The maximum absolute atomic E-state index is 11.4. The van der Waals surface area contributed by atoms with Crippen LogP contribution >= 0.6 is 0 Å². The van der Waals surface area contributed by atoms with Gasteiger partial charge in [0.05, 0.1) is 17.5 Å². The Bertz CT molecular complexity index is 243. The minimum absolute atomic E-state index is 0.332. The molecular formula is C11H21NO3. The van der Waals surface area contributed by atoms with Crippen molar-refractivity contribution in [2.24, 2.45) is 5.73 Å². The second-order valence-corrected chi connectivity index (χ2v) is 4.58. The second-order valence-electron chi connectivity index (χ2n) is 4.58. The van der Waals surface area contributed by atoms with E-state index in [4.69, 9.17) is 15.2 Å². The van der Waals surface area contributed by atoms with Crippen LogP contribution in [0.1, 0.15) is 34.6 Å². The van der Waals surface area contributed by atoms with Crippen LogP contribution in [-0.2, 0) is 14.3 Å². The van der Waals surface area contributed by atoms with Crippen LogP contribution in [0, 0.1) is 0 Å². The third-order valence-electron chi connectivity index (χ3n) is 1.59. The lowest BCUT2D eigenvalue weighted by Crippen LogP contribution is -2.45.